The minimum atomic E-state index is -0.902. The maximum absolute atomic E-state index is 11.1. The molecule has 0 amide bonds. The van der Waals surface area contributed by atoms with Gasteiger partial charge in [-0.3, -0.25) is 4.79 Å². The maximum Gasteiger partial charge on any atom is 0.153 e. The van der Waals surface area contributed by atoms with Crippen molar-refractivity contribution >= 4 is 29.0 Å². The van der Waals surface area contributed by atoms with E-state index >= 15 is 0 Å². The van der Waals surface area contributed by atoms with Crippen LogP contribution in [-0.2, 0) is 5.72 Å². The summed E-state index contributed by atoms with van der Waals surface area (Å²) in [4.78, 5) is 11.1. The number of carbonyl (C=O) groups excluding carboxylic acids is 1. The van der Waals surface area contributed by atoms with E-state index in [-0.39, 0.29) is 0 Å². The topological polar surface area (TPSA) is 42.2 Å². The van der Waals surface area contributed by atoms with E-state index < -0.39 is 5.72 Å². The van der Waals surface area contributed by atoms with Gasteiger partial charge in [-0.1, -0.05) is 18.2 Å². The Labute approximate surface area is 97.1 Å². The van der Waals surface area contributed by atoms with Gasteiger partial charge in [0.05, 0.1) is 16.1 Å². The van der Waals surface area contributed by atoms with Gasteiger partial charge in [-0.15, -0.1) is 11.8 Å². The van der Waals surface area contributed by atoms with Gasteiger partial charge in [0, 0.05) is 11.1 Å². The molecule has 1 aliphatic rings. The second-order valence-electron chi connectivity index (χ2n) is 4.19. The van der Waals surface area contributed by atoms with Crippen molar-refractivity contribution in [3.05, 3.63) is 29.8 Å². The predicted molar refractivity (Wildman–Crippen MR) is 63.9 cm³/mol. The van der Waals surface area contributed by atoms with Crippen molar-refractivity contribution in [2.45, 2.75) is 17.7 Å². The number of rotatable bonds is 1. The first-order chi connectivity index (χ1) is 7.65. The van der Waals surface area contributed by atoms with Crippen molar-refractivity contribution in [3.8, 4) is 0 Å². The molecule has 82 valence electrons. The van der Waals surface area contributed by atoms with Gasteiger partial charge in [0.1, 0.15) is 5.72 Å². The van der Waals surface area contributed by atoms with Crippen LogP contribution in [0.4, 0.5) is 0 Å². The smallest absolute Gasteiger partial charge is 0.153 e. The van der Waals surface area contributed by atoms with Gasteiger partial charge in [-0.2, -0.15) is 0 Å². The third-order valence-corrected chi connectivity index (χ3v) is 4.32. The molecule has 2 aromatic rings. The molecule has 0 bridgehead atoms. The number of thioether (sulfide) groups is 1. The lowest BCUT2D eigenvalue weighted by Crippen LogP contribution is -2.27. The van der Waals surface area contributed by atoms with Crippen LogP contribution in [0.5, 0.6) is 0 Å². The molecule has 1 aliphatic heterocycles. The highest BCUT2D eigenvalue weighted by Crippen LogP contribution is 2.43. The monoisotopic (exact) mass is 233 g/mol. The highest BCUT2D eigenvalue weighted by Gasteiger charge is 2.36. The summed E-state index contributed by atoms with van der Waals surface area (Å²) in [5.74, 6) is 0.591. The van der Waals surface area contributed by atoms with E-state index in [1.807, 2.05) is 28.8 Å². The Balaban J connectivity index is 2.48. The SMILES string of the molecule is C[C@]1(O)CSc2c(C=O)c3ccccc3n21. The van der Waals surface area contributed by atoms with E-state index in [1.54, 1.807) is 6.92 Å². The summed E-state index contributed by atoms with van der Waals surface area (Å²) in [6.45, 7) is 1.78. The normalized spacial score (nSPS) is 23.6. The van der Waals surface area contributed by atoms with Gasteiger partial charge in [-0.05, 0) is 13.0 Å². The Hall–Kier alpha value is -1.26. The molecule has 0 spiro atoms. The number of aldehydes is 1. The van der Waals surface area contributed by atoms with Crippen LogP contribution in [0.3, 0.4) is 0 Å². The fraction of sp³-hybridized carbons (Fsp3) is 0.250. The molecular weight excluding hydrogens is 222 g/mol. The minimum absolute atomic E-state index is 0.591. The van der Waals surface area contributed by atoms with E-state index in [0.29, 0.717) is 11.3 Å². The number of carbonyl (C=O) groups is 1. The fourth-order valence-electron chi connectivity index (χ4n) is 2.25. The fourth-order valence-corrected chi connectivity index (χ4v) is 3.52. The first-order valence-electron chi connectivity index (χ1n) is 5.09. The molecule has 2 heterocycles. The Morgan fingerprint density at radius 1 is 1.50 bits per heavy atom. The Morgan fingerprint density at radius 2 is 2.25 bits per heavy atom. The first-order valence-corrected chi connectivity index (χ1v) is 6.08. The zero-order chi connectivity index (χ0) is 11.3. The standard InChI is InChI=1S/C12H11NO2S/c1-12(15)7-16-11-9(6-14)8-4-2-3-5-10(8)13(11)12/h2-6,15H,7H2,1H3/t12-/m0/s1. The molecule has 4 heteroatoms. The molecule has 0 unspecified atom stereocenters. The molecule has 0 fully saturated rings. The highest BCUT2D eigenvalue weighted by atomic mass is 32.2. The minimum Gasteiger partial charge on any atom is -0.370 e. The molecule has 0 radical (unpaired) electrons. The highest BCUT2D eigenvalue weighted by molar-refractivity contribution is 7.99. The molecule has 0 aliphatic carbocycles. The van der Waals surface area contributed by atoms with Crippen molar-refractivity contribution in [1.29, 1.82) is 0 Å². The van der Waals surface area contributed by atoms with Crippen LogP contribution in [0.2, 0.25) is 0 Å². The number of nitrogens with zero attached hydrogens (tertiary/aromatic N) is 1. The molecule has 3 nitrogen and oxygen atoms in total. The summed E-state index contributed by atoms with van der Waals surface area (Å²) in [6, 6.07) is 7.68. The lowest BCUT2D eigenvalue weighted by molar-refractivity contribution is 0.0105. The van der Waals surface area contributed by atoms with Crippen LogP contribution in [0.25, 0.3) is 10.9 Å². The zero-order valence-electron chi connectivity index (χ0n) is 8.80. The average Bonchev–Trinajstić information content (AvgIpc) is 2.74. The number of aromatic nitrogens is 1. The molecule has 3 rings (SSSR count). The van der Waals surface area contributed by atoms with Gasteiger partial charge in [-0.25, -0.2) is 0 Å². The van der Waals surface area contributed by atoms with Crippen LogP contribution in [-0.4, -0.2) is 21.7 Å². The third-order valence-electron chi connectivity index (χ3n) is 2.95. The van der Waals surface area contributed by atoms with Gasteiger partial charge in [0.25, 0.3) is 0 Å². The number of para-hydroxylation sites is 1. The van der Waals surface area contributed by atoms with E-state index in [0.717, 1.165) is 22.2 Å². The predicted octanol–water partition coefficient (Wildman–Crippen LogP) is 2.22. The molecule has 1 N–H and O–H groups in total. The average molecular weight is 233 g/mol. The molecule has 0 saturated carbocycles. The van der Waals surface area contributed by atoms with Crippen LogP contribution in [0, 0.1) is 0 Å². The lowest BCUT2D eigenvalue weighted by atomic mass is 10.2. The third kappa shape index (κ3) is 1.11. The van der Waals surface area contributed by atoms with Gasteiger partial charge in [0.15, 0.2) is 6.29 Å². The molecule has 16 heavy (non-hydrogen) atoms. The Kier molecular flexibility index (Phi) is 1.94. The maximum atomic E-state index is 11.1. The Bertz CT molecular complexity index is 586. The lowest BCUT2D eigenvalue weighted by Gasteiger charge is -2.19. The van der Waals surface area contributed by atoms with Crippen LogP contribution < -0.4 is 0 Å². The molecular formula is C12H11NO2S. The number of hydrogen-bond acceptors (Lipinski definition) is 3. The van der Waals surface area contributed by atoms with Crippen LogP contribution in [0.1, 0.15) is 17.3 Å². The van der Waals surface area contributed by atoms with Gasteiger partial charge in [0.2, 0.25) is 0 Å². The van der Waals surface area contributed by atoms with E-state index in [4.69, 9.17) is 0 Å². The van der Waals surface area contributed by atoms with Crippen molar-refractivity contribution < 1.29 is 9.90 Å². The second-order valence-corrected chi connectivity index (χ2v) is 5.16. The van der Waals surface area contributed by atoms with Crippen LogP contribution >= 0.6 is 11.8 Å². The summed E-state index contributed by atoms with van der Waals surface area (Å²) in [7, 11) is 0. The van der Waals surface area contributed by atoms with E-state index in [2.05, 4.69) is 0 Å². The zero-order valence-corrected chi connectivity index (χ0v) is 9.62. The summed E-state index contributed by atoms with van der Waals surface area (Å²) < 4.78 is 1.86. The van der Waals surface area contributed by atoms with Crippen LogP contribution in [0.15, 0.2) is 29.3 Å². The number of fused-ring (bicyclic) bond motifs is 3. The van der Waals surface area contributed by atoms with E-state index in [1.165, 1.54) is 11.8 Å². The summed E-state index contributed by atoms with van der Waals surface area (Å²) in [5.41, 5.74) is 0.717. The van der Waals surface area contributed by atoms with Gasteiger partial charge >= 0.3 is 0 Å². The largest absolute Gasteiger partial charge is 0.370 e. The van der Waals surface area contributed by atoms with Crippen molar-refractivity contribution in [2.75, 3.05) is 5.75 Å². The van der Waals surface area contributed by atoms with Crippen molar-refractivity contribution in [2.24, 2.45) is 0 Å². The summed E-state index contributed by atoms with van der Waals surface area (Å²) >= 11 is 1.53. The van der Waals surface area contributed by atoms with E-state index in [9.17, 15) is 9.90 Å². The van der Waals surface area contributed by atoms with Crippen molar-refractivity contribution in [3.63, 3.8) is 0 Å². The molecule has 1 aromatic heterocycles. The number of hydrogen-bond donors (Lipinski definition) is 1. The summed E-state index contributed by atoms with van der Waals surface area (Å²) in [6.07, 6.45) is 0.878. The molecule has 1 atom stereocenters. The Morgan fingerprint density at radius 3 is 3.00 bits per heavy atom. The van der Waals surface area contributed by atoms with Gasteiger partial charge < -0.3 is 9.67 Å². The number of benzene rings is 1. The second kappa shape index (κ2) is 3.12. The quantitative estimate of drug-likeness (QED) is 0.768. The first kappa shape index (κ1) is 9.93. The molecule has 1 aromatic carbocycles. The molecule has 0 saturated heterocycles. The van der Waals surface area contributed by atoms with Crippen molar-refractivity contribution in [1.82, 2.24) is 4.57 Å². The summed E-state index contributed by atoms with van der Waals surface area (Å²) in [5, 5.41) is 12.1. The number of aliphatic hydroxyl groups is 1.